The third-order valence-electron chi connectivity index (χ3n) is 10.1. The second-order valence-corrected chi connectivity index (χ2v) is 13.7. The highest BCUT2D eigenvalue weighted by molar-refractivity contribution is 6.24. The molecule has 12 rings (SSSR count). The van der Waals surface area contributed by atoms with Crippen LogP contribution in [-0.2, 0) is 0 Å². The summed E-state index contributed by atoms with van der Waals surface area (Å²) in [7, 11) is 0. The molecule has 2 aliphatic heterocycles. The third kappa shape index (κ3) is 5.16. The van der Waals surface area contributed by atoms with Gasteiger partial charge in [-0.2, -0.15) is 0 Å². The van der Waals surface area contributed by atoms with Crippen LogP contribution in [0.1, 0.15) is 0 Å². The predicted molar refractivity (Wildman–Crippen MR) is 219 cm³/mol. The summed E-state index contributed by atoms with van der Waals surface area (Å²) in [6.45, 7) is 0. The number of hydrogen-bond donors (Lipinski definition) is 0. The van der Waals surface area contributed by atoms with Gasteiger partial charge in [0, 0.05) is 57.8 Å². The van der Waals surface area contributed by atoms with Gasteiger partial charge in [0.25, 0.3) is 0 Å². The van der Waals surface area contributed by atoms with Gasteiger partial charge in [0.1, 0.15) is 45.1 Å². The Balaban J connectivity index is 1.04. The van der Waals surface area contributed by atoms with E-state index < -0.39 is 0 Å². The third-order valence-corrected chi connectivity index (χ3v) is 10.1. The molecule has 58 heavy (non-hydrogen) atoms. The highest BCUT2D eigenvalue weighted by atomic mass is 16.3. The molecule has 270 valence electrons. The van der Waals surface area contributed by atoms with Gasteiger partial charge >= 0.3 is 0 Å². The maximum atomic E-state index is 6.78. The summed E-state index contributed by atoms with van der Waals surface area (Å²) in [5.74, 6) is 2.73. The van der Waals surface area contributed by atoms with Gasteiger partial charge in [-0.3, -0.25) is 19.9 Å². The van der Waals surface area contributed by atoms with Crippen LogP contribution < -0.4 is 0 Å². The van der Waals surface area contributed by atoms with E-state index in [1.54, 1.807) is 24.8 Å². The molecule has 0 saturated heterocycles. The quantitative estimate of drug-likeness (QED) is 0.117. The van der Waals surface area contributed by atoms with E-state index in [9.17, 15) is 0 Å². The first kappa shape index (κ1) is 31.9. The minimum absolute atomic E-state index is 0.446. The van der Waals surface area contributed by atoms with Crippen molar-refractivity contribution in [2.24, 2.45) is 0 Å². The van der Waals surface area contributed by atoms with Crippen molar-refractivity contribution in [1.82, 2.24) is 49.8 Å². The highest BCUT2D eigenvalue weighted by Gasteiger charge is 2.26. The summed E-state index contributed by atoms with van der Waals surface area (Å²) in [6, 6.07) is 38.8. The molecule has 12 nitrogen and oxygen atoms in total. The largest absolute Gasteiger partial charge is 0.456 e. The number of rotatable bonds is 6. The monoisotopic (exact) mass is 748 g/mol. The molecule has 0 amide bonds. The van der Waals surface area contributed by atoms with E-state index in [0.29, 0.717) is 68.9 Å². The average molecular weight is 749 g/mol. The van der Waals surface area contributed by atoms with Crippen molar-refractivity contribution < 1.29 is 8.83 Å². The summed E-state index contributed by atoms with van der Waals surface area (Å²) in [4.78, 5) is 47.2. The van der Waals surface area contributed by atoms with E-state index in [2.05, 4.69) is 32.1 Å². The van der Waals surface area contributed by atoms with Crippen LogP contribution in [0.15, 0.2) is 155 Å². The van der Waals surface area contributed by atoms with Crippen LogP contribution >= 0.6 is 0 Å². The minimum atomic E-state index is 0.446. The SMILES string of the molecule is c1ccc(-c2nc(-c3cc4ccc5oc6cc(-c7nc(-c8ccccn8)nc(-c8ccccn8)n7)cc7ccc8oc(c3)c4c5-c8c76)nc(-c3ccccn3)n2)nc1. The first-order chi connectivity index (χ1) is 28.7. The number of hydrogen-bond acceptors (Lipinski definition) is 12. The molecule has 0 bridgehead atoms. The van der Waals surface area contributed by atoms with Gasteiger partial charge in [0.05, 0.1) is 0 Å². The van der Waals surface area contributed by atoms with Crippen LogP contribution in [0.4, 0.5) is 0 Å². The lowest BCUT2D eigenvalue weighted by atomic mass is 9.89. The van der Waals surface area contributed by atoms with Gasteiger partial charge in [-0.15, -0.1) is 0 Å². The number of pyridine rings is 4. The molecular weight excluding hydrogens is 725 g/mol. The Kier molecular flexibility index (Phi) is 6.92. The van der Waals surface area contributed by atoms with Gasteiger partial charge in [0.2, 0.25) is 0 Å². The summed E-state index contributed by atoms with van der Waals surface area (Å²) in [6.07, 6.45) is 6.88. The minimum Gasteiger partial charge on any atom is -0.456 e. The van der Waals surface area contributed by atoms with E-state index in [0.717, 1.165) is 55.0 Å². The normalized spacial score (nSPS) is 11.8. The first-order valence-corrected chi connectivity index (χ1v) is 18.5. The van der Waals surface area contributed by atoms with Crippen molar-refractivity contribution in [1.29, 1.82) is 0 Å². The van der Waals surface area contributed by atoms with Crippen molar-refractivity contribution in [2.75, 3.05) is 0 Å². The Morgan fingerprint density at radius 1 is 0.310 bits per heavy atom. The topological polar surface area (TPSA) is 155 Å². The van der Waals surface area contributed by atoms with Gasteiger partial charge < -0.3 is 8.83 Å². The molecule has 0 saturated carbocycles. The molecule has 0 aliphatic carbocycles. The zero-order chi connectivity index (χ0) is 38.2. The lowest BCUT2D eigenvalue weighted by molar-refractivity contribution is 0.646. The molecule has 0 N–H and O–H groups in total. The second kappa shape index (κ2) is 12.6. The maximum Gasteiger partial charge on any atom is 0.182 e. The van der Waals surface area contributed by atoms with Crippen LogP contribution in [0.5, 0.6) is 0 Å². The van der Waals surface area contributed by atoms with E-state index in [1.807, 2.05) is 109 Å². The Bertz CT molecular complexity index is 3100. The number of aromatic nitrogens is 10. The second-order valence-electron chi connectivity index (χ2n) is 13.7. The smallest absolute Gasteiger partial charge is 0.182 e. The maximum absolute atomic E-state index is 6.78. The van der Waals surface area contributed by atoms with Gasteiger partial charge in [-0.05, 0) is 95.7 Å². The fourth-order valence-corrected chi connectivity index (χ4v) is 7.59. The van der Waals surface area contributed by atoms with Crippen LogP contribution in [0.3, 0.4) is 0 Å². The first-order valence-electron chi connectivity index (χ1n) is 18.5. The van der Waals surface area contributed by atoms with E-state index in [1.165, 1.54) is 0 Å². The Labute approximate surface area is 327 Å². The van der Waals surface area contributed by atoms with Crippen molar-refractivity contribution in [3.05, 3.63) is 146 Å². The van der Waals surface area contributed by atoms with Crippen LogP contribution in [0.2, 0.25) is 0 Å². The molecule has 0 radical (unpaired) electrons. The fourth-order valence-electron chi connectivity index (χ4n) is 7.59. The van der Waals surface area contributed by atoms with Crippen LogP contribution in [0.25, 0.3) is 124 Å². The summed E-state index contributed by atoms with van der Waals surface area (Å²) in [5, 5.41) is 3.78. The van der Waals surface area contributed by atoms with Gasteiger partial charge in [-0.1, -0.05) is 36.4 Å². The van der Waals surface area contributed by atoms with Crippen LogP contribution in [0, 0.1) is 0 Å². The Morgan fingerprint density at radius 3 is 0.983 bits per heavy atom. The summed E-state index contributed by atoms with van der Waals surface area (Å²) >= 11 is 0. The summed E-state index contributed by atoms with van der Waals surface area (Å²) < 4.78 is 13.6. The zero-order valence-electron chi connectivity index (χ0n) is 30.1. The fraction of sp³-hybridized carbons (Fsp3) is 0. The zero-order valence-corrected chi connectivity index (χ0v) is 30.1. The van der Waals surface area contributed by atoms with Crippen molar-refractivity contribution in [3.63, 3.8) is 0 Å². The average Bonchev–Trinajstić information content (AvgIpc) is 3.30. The van der Waals surface area contributed by atoms with E-state index in [-0.39, 0.29) is 0 Å². The molecule has 0 unspecified atom stereocenters. The lowest BCUT2D eigenvalue weighted by Crippen LogP contribution is -2.02. The molecule has 0 atom stereocenters. The number of nitrogens with zero attached hydrogens (tertiary/aromatic N) is 10. The molecule has 0 spiro atoms. The molecule has 0 fully saturated rings. The molecular formula is C46H24N10O2. The molecule has 2 aliphatic rings. The molecule has 4 aromatic carbocycles. The molecule has 8 heterocycles. The predicted octanol–water partition coefficient (Wildman–Crippen LogP) is 9.98. The lowest BCUT2D eigenvalue weighted by Gasteiger charge is -2.20. The van der Waals surface area contributed by atoms with Gasteiger partial charge in [-0.25, -0.2) is 29.9 Å². The standard InChI is InChI=1S/C46H24N10O2/c1-5-17-47-29(9-1)43-51-41(52-44(55-43)30-10-2-6-18-48-30)27-21-25-13-15-34-39-37(25)35(23-27)57-33-16-14-26-22-28(24-36(58-34)38(26)40(33)39)42-53-45(31-11-3-7-19-49-31)56-46(54-42)32-12-4-8-20-50-32/h1-24H. The Morgan fingerprint density at radius 2 is 0.655 bits per heavy atom. The summed E-state index contributed by atoms with van der Waals surface area (Å²) in [5.41, 5.74) is 8.78. The molecule has 12 heteroatoms. The van der Waals surface area contributed by atoms with Gasteiger partial charge in [0.15, 0.2) is 34.9 Å². The van der Waals surface area contributed by atoms with E-state index in [4.69, 9.17) is 38.7 Å². The number of benzene rings is 4. The Hall–Kier alpha value is -8.38. The van der Waals surface area contributed by atoms with Crippen molar-refractivity contribution >= 4 is 43.9 Å². The highest BCUT2D eigenvalue weighted by Crippen LogP contribution is 2.49. The molecule has 6 aromatic heterocycles. The van der Waals surface area contributed by atoms with Crippen molar-refractivity contribution in [2.45, 2.75) is 0 Å². The van der Waals surface area contributed by atoms with Crippen molar-refractivity contribution in [3.8, 4) is 80.0 Å². The van der Waals surface area contributed by atoms with Crippen LogP contribution in [-0.4, -0.2) is 49.8 Å². The molecule has 10 aromatic rings. The van der Waals surface area contributed by atoms with E-state index >= 15 is 0 Å².